The van der Waals surface area contributed by atoms with Crippen molar-refractivity contribution in [1.82, 2.24) is 5.32 Å². The van der Waals surface area contributed by atoms with Crippen molar-refractivity contribution in [3.8, 4) is 0 Å². The molecule has 1 aliphatic heterocycles. The monoisotopic (exact) mass is 300 g/mol. The fourth-order valence-corrected chi connectivity index (χ4v) is 2.62. The van der Waals surface area contributed by atoms with E-state index in [1.807, 2.05) is 29.2 Å². The van der Waals surface area contributed by atoms with Crippen molar-refractivity contribution in [2.24, 2.45) is 5.92 Å². The standard InChI is InChI=1S/C16H23F3N2/c1-2-3-4-13-5-7-15(8-6-13)21-10-9-20-11-14(12-21)16(17,18)19/h5-8,14,20H,2-4,9-12H2,1H3. The summed E-state index contributed by atoms with van der Waals surface area (Å²) in [6.07, 6.45) is -0.823. The number of alkyl halides is 3. The smallest absolute Gasteiger partial charge is 0.370 e. The van der Waals surface area contributed by atoms with Crippen molar-refractivity contribution in [1.29, 1.82) is 0 Å². The van der Waals surface area contributed by atoms with Gasteiger partial charge in [-0.15, -0.1) is 0 Å². The van der Waals surface area contributed by atoms with Crippen LogP contribution >= 0.6 is 0 Å². The van der Waals surface area contributed by atoms with Gasteiger partial charge in [-0.2, -0.15) is 13.2 Å². The summed E-state index contributed by atoms with van der Waals surface area (Å²) in [5.41, 5.74) is 2.13. The molecule has 1 saturated heterocycles. The second-order valence-electron chi connectivity index (χ2n) is 5.66. The number of hydrogen-bond donors (Lipinski definition) is 1. The van der Waals surface area contributed by atoms with E-state index in [1.54, 1.807) is 0 Å². The zero-order valence-corrected chi connectivity index (χ0v) is 12.4. The van der Waals surface area contributed by atoms with Gasteiger partial charge in [-0.1, -0.05) is 25.5 Å². The first kappa shape index (κ1) is 16.1. The van der Waals surface area contributed by atoms with Crippen molar-refractivity contribution in [2.75, 3.05) is 31.1 Å². The van der Waals surface area contributed by atoms with Crippen LogP contribution in [0.1, 0.15) is 25.3 Å². The fraction of sp³-hybridized carbons (Fsp3) is 0.625. The summed E-state index contributed by atoms with van der Waals surface area (Å²) in [6.45, 7) is 3.39. The predicted molar refractivity (Wildman–Crippen MR) is 79.7 cm³/mol. The second kappa shape index (κ2) is 7.16. The van der Waals surface area contributed by atoms with Gasteiger partial charge in [0, 0.05) is 31.9 Å². The highest BCUT2D eigenvalue weighted by Gasteiger charge is 2.41. The summed E-state index contributed by atoms with van der Waals surface area (Å²) < 4.78 is 38.8. The number of aryl methyl sites for hydroxylation is 1. The summed E-state index contributed by atoms with van der Waals surface area (Å²) in [4.78, 5) is 1.84. The van der Waals surface area contributed by atoms with Crippen LogP contribution in [-0.4, -0.2) is 32.4 Å². The normalized spacial score (nSPS) is 20.4. The lowest BCUT2D eigenvalue weighted by Crippen LogP contribution is -2.38. The molecule has 1 atom stereocenters. The minimum atomic E-state index is -4.14. The van der Waals surface area contributed by atoms with Crippen molar-refractivity contribution >= 4 is 5.69 Å². The van der Waals surface area contributed by atoms with Crippen LogP contribution in [0.2, 0.25) is 0 Å². The fourth-order valence-electron chi connectivity index (χ4n) is 2.62. The molecule has 0 saturated carbocycles. The molecule has 1 aromatic carbocycles. The van der Waals surface area contributed by atoms with E-state index in [2.05, 4.69) is 12.2 Å². The predicted octanol–water partition coefficient (Wildman–Crippen LogP) is 3.62. The van der Waals surface area contributed by atoms with Crippen LogP contribution in [0.5, 0.6) is 0 Å². The van der Waals surface area contributed by atoms with Crippen molar-refractivity contribution in [2.45, 2.75) is 32.4 Å². The van der Waals surface area contributed by atoms with Crippen LogP contribution in [0.15, 0.2) is 24.3 Å². The third-order valence-corrected chi connectivity index (χ3v) is 3.97. The van der Waals surface area contributed by atoms with Gasteiger partial charge < -0.3 is 10.2 Å². The molecule has 1 heterocycles. The number of unbranched alkanes of at least 4 members (excludes halogenated alkanes) is 1. The zero-order valence-electron chi connectivity index (χ0n) is 12.4. The first-order chi connectivity index (χ1) is 10.0. The Kier molecular flexibility index (Phi) is 5.51. The van der Waals surface area contributed by atoms with Gasteiger partial charge in [0.1, 0.15) is 0 Å². The Bertz CT molecular complexity index is 428. The lowest BCUT2D eigenvalue weighted by atomic mass is 10.1. The van der Waals surface area contributed by atoms with Crippen molar-refractivity contribution in [3.63, 3.8) is 0 Å². The molecule has 5 heteroatoms. The Labute approximate surface area is 124 Å². The largest absolute Gasteiger partial charge is 0.394 e. The molecular formula is C16H23F3N2. The SMILES string of the molecule is CCCCc1ccc(N2CCNCC(C(F)(F)F)C2)cc1. The maximum Gasteiger partial charge on any atom is 0.394 e. The molecule has 1 aromatic rings. The van der Waals surface area contributed by atoms with Gasteiger partial charge in [-0.25, -0.2) is 0 Å². The molecule has 118 valence electrons. The van der Waals surface area contributed by atoms with Gasteiger partial charge in [-0.3, -0.25) is 0 Å². The van der Waals surface area contributed by atoms with E-state index in [-0.39, 0.29) is 13.1 Å². The molecule has 0 bridgehead atoms. The van der Waals surface area contributed by atoms with Crippen LogP contribution in [0.4, 0.5) is 18.9 Å². The Morgan fingerprint density at radius 3 is 2.57 bits per heavy atom. The van der Waals surface area contributed by atoms with Crippen LogP contribution in [0.25, 0.3) is 0 Å². The molecule has 1 fully saturated rings. The van der Waals surface area contributed by atoms with Gasteiger partial charge >= 0.3 is 6.18 Å². The maximum atomic E-state index is 12.9. The topological polar surface area (TPSA) is 15.3 Å². The molecule has 0 aromatic heterocycles. The van der Waals surface area contributed by atoms with Crippen LogP contribution in [-0.2, 0) is 6.42 Å². The molecule has 0 amide bonds. The Morgan fingerprint density at radius 1 is 1.24 bits per heavy atom. The third kappa shape index (κ3) is 4.63. The van der Waals surface area contributed by atoms with E-state index < -0.39 is 12.1 Å². The average molecular weight is 300 g/mol. The quantitative estimate of drug-likeness (QED) is 0.913. The summed E-state index contributed by atoms with van der Waals surface area (Å²) in [6, 6.07) is 7.96. The van der Waals surface area contributed by atoms with E-state index >= 15 is 0 Å². The number of nitrogens with one attached hydrogen (secondary N) is 1. The van der Waals surface area contributed by atoms with Crippen molar-refractivity contribution in [3.05, 3.63) is 29.8 Å². The minimum Gasteiger partial charge on any atom is -0.370 e. The Balaban J connectivity index is 2.05. The first-order valence-corrected chi connectivity index (χ1v) is 7.62. The molecule has 1 N–H and O–H groups in total. The maximum absolute atomic E-state index is 12.9. The van der Waals surface area contributed by atoms with Crippen LogP contribution < -0.4 is 10.2 Å². The van der Waals surface area contributed by atoms with E-state index in [4.69, 9.17) is 0 Å². The summed E-state index contributed by atoms with van der Waals surface area (Å²) in [5.74, 6) is -1.31. The molecule has 2 nitrogen and oxygen atoms in total. The van der Waals surface area contributed by atoms with Gasteiger partial charge in [0.05, 0.1) is 5.92 Å². The minimum absolute atomic E-state index is 0.00852. The van der Waals surface area contributed by atoms with E-state index in [0.717, 1.165) is 24.9 Å². The summed E-state index contributed by atoms with van der Waals surface area (Å²) in [5, 5.41) is 2.88. The highest BCUT2D eigenvalue weighted by molar-refractivity contribution is 5.48. The van der Waals surface area contributed by atoms with Crippen LogP contribution in [0, 0.1) is 5.92 Å². The van der Waals surface area contributed by atoms with E-state index in [0.29, 0.717) is 13.1 Å². The number of nitrogens with zero attached hydrogens (tertiary/aromatic N) is 1. The highest BCUT2D eigenvalue weighted by atomic mass is 19.4. The van der Waals surface area contributed by atoms with E-state index in [9.17, 15) is 13.2 Å². The number of rotatable bonds is 4. The molecule has 0 aliphatic carbocycles. The first-order valence-electron chi connectivity index (χ1n) is 7.62. The van der Waals surface area contributed by atoms with E-state index in [1.165, 1.54) is 5.56 Å². The Morgan fingerprint density at radius 2 is 1.95 bits per heavy atom. The molecule has 2 rings (SSSR count). The van der Waals surface area contributed by atoms with Crippen LogP contribution in [0.3, 0.4) is 0 Å². The van der Waals surface area contributed by atoms with Gasteiger partial charge in [0.25, 0.3) is 0 Å². The summed E-state index contributed by atoms with van der Waals surface area (Å²) >= 11 is 0. The second-order valence-corrected chi connectivity index (χ2v) is 5.66. The molecular weight excluding hydrogens is 277 g/mol. The lowest BCUT2D eigenvalue weighted by molar-refractivity contribution is -0.169. The number of halogens is 3. The molecule has 1 aliphatic rings. The summed E-state index contributed by atoms with van der Waals surface area (Å²) in [7, 11) is 0. The van der Waals surface area contributed by atoms with Gasteiger partial charge in [-0.05, 0) is 30.5 Å². The van der Waals surface area contributed by atoms with Gasteiger partial charge in [0.15, 0.2) is 0 Å². The number of anilines is 1. The molecule has 0 radical (unpaired) electrons. The Hall–Kier alpha value is -1.23. The highest BCUT2D eigenvalue weighted by Crippen LogP contribution is 2.29. The number of benzene rings is 1. The number of hydrogen-bond acceptors (Lipinski definition) is 2. The molecule has 21 heavy (non-hydrogen) atoms. The third-order valence-electron chi connectivity index (χ3n) is 3.97. The molecule has 1 unspecified atom stereocenters. The molecule has 0 spiro atoms. The zero-order chi connectivity index (χ0) is 15.3. The van der Waals surface area contributed by atoms with Gasteiger partial charge in [0.2, 0.25) is 0 Å². The van der Waals surface area contributed by atoms with Crippen molar-refractivity contribution < 1.29 is 13.2 Å². The lowest BCUT2D eigenvalue weighted by Gasteiger charge is -2.27. The average Bonchev–Trinajstić information content (AvgIpc) is 2.71.